The summed E-state index contributed by atoms with van der Waals surface area (Å²) >= 11 is 17.4. The van der Waals surface area contributed by atoms with Gasteiger partial charge in [-0.15, -0.1) is 0 Å². The van der Waals surface area contributed by atoms with E-state index in [1.54, 1.807) is 34.1 Å². The summed E-state index contributed by atoms with van der Waals surface area (Å²) in [5.41, 5.74) is 0.828. The van der Waals surface area contributed by atoms with Crippen molar-refractivity contribution in [3.05, 3.63) is 113 Å². The molecule has 3 aliphatic heterocycles. The van der Waals surface area contributed by atoms with Gasteiger partial charge in [0.1, 0.15) is 70.5 Å². The van der Waals surface area contributed by atoms with Gasteiger partial charge in [0.05, 0.1) is 10.0 Å². The summed E-state index contributed by atoms with van der Waals surface area (Å²) in [6.07, 6.45) is 11.4. The first-order valence-electron chi connectivity index (χ1n) is 22.5. The number of nitrogens with zero attached hydrogens (tertiary/aromatic N) is 8. The second kappa shape index (κ2) is 25.5. The molecule has 3 unspecified atom stereocenters. The molecule has 6 heterocycles. The van der Waals surface area contributed by atoms with Crippen LogP contribution >= 0.6 is 34.8 Å². The largest absolute Gasteiger partial charge is 0.444 e. The van der Waals surface area contributed by atoms with E-state index in [9.17, 15) is 18.4 Å². The molecule has 0 saturated carbocycles. The number of hydrogen-bond acceptors (Lipinski definition) is 15. The summed E-state index contributed by atoms with van der Waals surface area (Å²) in [4.78, 5) is 52.1. The summed E-state index contributed by atoms with van der Waals surface area (Å²) in [6.45, 7) is 13.8. The van der Waals surface area contributed by atoms with E-state index in [1.807, 2.05) is 26.8 Å². The fourth-order valence-electron chi connectivity index (χ4n) is 7.48. The molecular formula is C47H57Cl3F2N14O3. The highest BCUT2D eigenvalue weighted by Gasteiger charge is 2.28. The Bertz CT molecular complexity index is 2500. The van der Waals surface area contributed by atoms with Gasteiger partial charge in [-0.25, -0.2) is 43.5 Å². The Kier molecular flexibility index (Phi) is 19.3. The Morgan fingerprint density at radius 3 is 1.65 bits per heavy atom. The van der Waals surface area contributed by atoms with Gasteiger partial charge in [0.2, 0.25) is 5.91 Å². The topological polar surface area (TPSA) is 199 Å². The molecule has 3 aromatic heterocycles. The molecule has 0 bridgehead atoms. The maximum atomic E-state index is 13.2. The molecule has 0 spiro atoms. The monoisotopic (exact) mass is 1010 g/mol. The number of aromatic nitrogens is 6. The Morgan fingerprint density at radius 1 is 0.681 bits per heavy atom. The molecule has 0 radical (unpaired) electrons. The minimum atomic E-state index is -0.475. The third-order valence-corrected chi connectivity index (χ3v) is 11.5. The van der Waals surface area contributed by atoms with Crippen molar-refractivity contribution in [2.45, 2.75) is 83.0 Å². The van der Waals surface area contributed by atoms with Crippen LogP contribution in [-0.4, -0.2) is 115 Å². The molecule has 0 aliphatic carbocycles. The van der Waals surface area contributed by atoms with E-state index in [2.05, 4.69) is 68.4 Å². The summed E-state index contributed by atoms with van der Waals surface area (Å²) in [6, 6.07) is 14.7. The number of hydrogen-bond donors (Lipinski definition) is 6. The maximum Gasteiger partial charge on any atom is 0.410 e. The second-order valence-electron chi connectivity index (χ2n) is 17.4. The normalized spacial score (nSPS) is 17.9. The number of halogens is 5. The van der Waals surface area contributed by atoms with Crippen LogP contribution in [0.1, 0.15) is 59.3 Å². The molecule has 69 heavy (non-hydrogen) atoms. The summed E-state index contributed by atoms with van der Waals surface area (Å²) in [5, 5.41) is 20.0. The van der Waals surface area contributed by atoms with Gasteiger partial charge in [-0.3, -0.25) is 4.79 Å². The van der Waals surface area contributed by atoms with Gasteiger partial charge in [0.25, 0.3) is 0 Å². The highest BCUT2D eigenvalue weighted by atomic mass is 35.5. The van der Waals surface area contributed by atoms with E-state index in [4.69, 9.17) is 39.5 Å². The molecule has 3 atom stereocenters. The van der Waals surface area contributed by atoms with Crippen LogP contribution in [0, 0.1) is 11.6 Å². The number of benzene rings is 2. The maximum absolute atomic E-state index is 13.2. The van der Waals surface area contributed by atoms with Crippen LogP contribution in [0.25, 0.3) is 0 Å². The highest BCUT2D eigenvalue weighted by Crippen LogP contribution is 2.25. The first-order valence-corrected chi connectivity index (χ1v) is 23.7. The third kappa shape index (κ3) is 17.4. The van der Waals surface area contributed by atoms with E-state index in [1.165, 1.54) is 49.3 Å². The molecule has 6 N–H and O–H groups in total. The summed E-state index contributed by atoms with van der Waals surface area (Å²) < 4.78 is 31.8. The fraction of sp³-hybridized carbons (Fsp3) is 0.404. The SMILES string of the molecule is C=CC(=O)N1CCCC(Nc2cc(Nc3ccc(F)c(Cl)c3)ncn2)C1.CC(C)(C)OC(=O)N1CCCC(Nc2cc(Cl)ncn2)C1.Fc1ccc(Nc2cc(NC3CCCNC3)ncn2)cc1Cl. The second-order valence-corrected chi connectivity index (χ2v) is 18.6. The number of nitrogens with one attached hydrogen (secondary N) is 6. The lowest BCUT2D eigenvalue weighted by molar-refractivity contribution is -0.127. The molecular weight excluding hydrogens is 953 g/mol. The van der Waals surface area contributed by atoms with Gasteiger partial charge in [0, 0.05) is 80.4 Å². The molecule has 22 heteroatoms. The number of amides is 2. The average Bonchev–Trinajstić information content (AvgIpc) is 3.32. The third-order valence-electron chi connectivity index (χ3n) is 10.7. The molecule has 3 saturated heterocycles. The van der Waals surface area contributed by atoms with Crippen molar-refractivity contribution in [2.75, 3.05) is 65.9 Å². The first kappa shape index (κ1) is 52.2. The average molecular weight is 1010 g/mol. The Labute approximate surface area is 415 Å². The molecule has 8 rings (SSSR count). The number of likely N-dealkylation sites (tertiary alicyclic amines) is 2. The van der Waals surface area contributed by atoms with Crippen LogP contribution in [0.5, 0.6) is 0 Å². The summed E-state index contributed by atoms with van der Waals surface area (Å²) in [5.74, 6) is 2.29. The Balaban J connectivity index is 0.000000171. The van der Waals surface area contributed by atoms with Crippen molar-refractivity contribution in [1.82, 2.24) is 45.0 Å². The van der Waals surface area contributed by atoms with Crippen LogP contribution in [-0.2, 0) is 9.53 Å². The molecule has 17 nitrogen and oxygen atoms in total. The zero-order chi connectivity index (χ0) is 49.3. The van der Waals surface area contributed by atoms with Crippen molar-refractivity contribution in [1.29, 1.82) is 0 Å². The fourth-order valence-corrected chi connectivity index (χ4v) is 7.99. The standard InChI is InChI=1S/C18H19ClFN5O.C15H17ClFN5.C14H21ClN4O2/c1-2-18(26)25-7-3-4-13(10-25)24-17-9-16(21-11-22-17)23-12-5-6-15(20)14(19)8-12;16-12-6-10(3-4-13(12)17)21-14-7-15(20-9-19-14)22-11-2-1-5-18-8-11;1-14(2,3)21-13(20)19-6-4-5-10(8-19)18-12-7-11(15)16-9-17-12/h2,5-6,8-9,11,13H,1,3-4,7,10H2,(H2,21,22,23,24);3-4,6-7,9,11,18H,1-2,5,8H2,(H2,19,20,21,22);7,9-10H,4-6,8H2,1-3H3,(H,16,17,18). The number of piperidine rings is 3. The number of carbonyl (C=O) groups is 2. The van der Waals surface area contributed by atoms with Crippen LogP contribution in [0.4, 0.5) is 54.0 Å². The van der Waals surface area contributed by atoms with Gasteiger partial charge < -0.3 is 46.4 Å². The first-order chi connectivity index (χ1) is 33.1. The van der Waals surface area contributed by atoms with Crippen molar-refractivity contribution >= 4 is 87.3 Å². The van der Waals surface area contributed by atoms with Crippen molar-refractivity contribution in [3.63, 3.8) is 0 Å². The molecule has 3 aliphatic rings. The van der Waals surface area contributed by atoms with E-state index in [0.717, 1.165) is 70.5 Å². The van der Waals surface area contributed by atoms with Gasteiger partial charge in [-0.05, 0) is 108 Å². The van der Waals surface area contributed by atoms with Gasteiger partial charge in [-0.1, -0.05) is 41.4 Å². The number of rotatable bonds is 11. The lowest BCUT2D eigenvalue weighted by Crippen LogP contribution is -2.47. The van der Waals surface area contributed by atoms with Gasteiger partial charge in [-0.2, -0.15) is 0 Å². The quantitative estimate of drug-likeness (QED) is 0.0539. The predicted molar refractivity (Wildman–Crippen MR) is 268 cm³/mol. The molecule has 3 fully saturated rings. The van der Waals surface area contributed by atoms with Crippen molar-refractivity contribution in [3.8, 4) is 0 Å². The van der Waals surface area contributed by atoms with E-state index >= 15 is 0 Å². The van der Waals surface area contributed by atoms with Crippen LogP contribution in [0.3, 0.4) is 0 Å². The summed E-state index contributed by atoms with van der Waals surface area (Å²) in [7, 11) is 0. The zero-order valence-electron chi connectivity index (χ0n) is 38.6. The Hall–Kier alpha value is -6.15. The van der Waals surface area contributed by atoms with Crippen LogP contribution in [0.2, 0.25) is 15.2 Å². The number of carbonyl (C=O) groups excluding carboxylic acids is 2. The number of ether oxygens (including phenoxy) is 1. The predicted octanol–water partition coefficient (Wildman–Crippen LogP) is 9.72. The highest BCUT2D eigenvalue weighted by molar-refractivity contribution is 6.31. The molecule has 5 aromatic rings. The minimum Gasteiger partial charge on any atom is -0.444 e. The van der Waals surface area contributed by atoms with Gasteiger partial charge in [0.15, 0.2) is 0 Å². The van der Waals surface area contributed by atoms with E-state index in [0.29, 0.717) is 58.9 Å². The van der Waals surface area contributed by atoms with Crippen molar-refractivity contribution in [2.24, 2.45) is 0 Å². The lowest BCUT2D eigenvalue weighted by Gasteiger charge is -2.34. The van der Waals surface area contributed by atoms with E-state index < -0.39 is 17.2 Å². The smallest absolute Gasteiger partial charge is 0.410 e. The Morgan fingerprint density at radius 2 is 1.16 bits per heavy atom. The van der Waals surface area contributed by atoms with Crippen LogP contribution < -0.4 is 31.9 Å². The number of anilines is 7. The van der Waals surface area contributed by atoms with Gasteiger partial charge >= 0.3 is 6.09 Å². The molecule has 2 amide bonds. The molecule has 368 valence electrons. The zero-order valence-corrected chi connectivity index (χ0v) is 40.9. The van der Waals surface area contributed by atoms with E-state index in [-0.39, 0.29) is 34.1 Å². The van der Waals surface area contributed by atoms with Crippen LogP contribution in [0.15, 0.2) is 86.2 Å². The lowest BCUT2D eigenvalue weighted by atomic mass is 10.1. The minimum absolute atomic E-state index is 0.0385. The molecule has 2 aromatic carbocycles. The van der Waals surface area contributed by atoms with Crippen molar-refractivity contribution < 1.29 is 23.1 Å².